The lowest BCUT2D eigenvalue weighted by atomic mass is 10.1. The number of nitrogens with one attached hydrogen (secondary N) is 1. The molecule has 4 nitrogen and oxygen atoms in total. The van der Waals surface area contributed by atoms with Crippen LogP contribution in [0, 0.1) is 0 Å². The van der Waals surface area contributed by atoms with Crippen LogP contribution in [0.25, 0.3) is 0 Å². The van der Waals surface area contributed by atoms with E-state index < -0.39 is 0 Å². The Bertz CT molecular complexity index is 668. The van der Waals surface area contributed by atoms with Crippen LogP contribution in [-0.4, -0.2) is 18.3 Å². The first-order valence-corrected chi connectivity index (χ1v) is 7.27. The van der Waals surface area contributed by atoms with E-state index in [2.05, 4.69) is 5.32 Å². The highest BCUT2D eigenvalue weighted by Crippen LogP contribution is 2.17. The Morgan fingerprint density at radius 2 is 1.86 bits per heavy atom. The number of anilines is 1. The van der Waals surface area contributed by atoms with Gasteiger partial charge in [-0.1, -0.05) is 24.6 Å². The number of hydrogen-bond donors (Lipinski definition) is 1. The van der Waals surface area contributed by atoms with Crippen molar-refractivity contribution in [3.8, 4) is 5.75 Å². The molecule has 114 valence electrons. The van der Waals surface area contributed by atoms with Gasteiger partial charge in [-0.15, -0.1) is 0 Å². The SMILES string of the molecule is CCC(=O)Nc1ccc(C(=O)COc2cccc(Cl)c2)cc1. The second-order valence-electron chi connectivity index (χ2n) is 4.65. The van der Waals surface area contributed by atoms with Crippen molar-refractivity contribution in [1.29, 1.82) is 0 Å². The summed E-state index contributed by atoms with van der Waals surface area (Å²) in [5.41, 5.74) is 1.19. The molecular weight excluding hydrogens is 302 g/mol. The van der Waals surface area contributed by atoms with Gasteiger partial charge in [0, 0.05) is 22.7 Å². The second-order valence-corrected chi connectivity index (χ2v) is 5.08. The topological polar surface area (TPSA) is 55.4 Å². The van der Waals surface area contributed by atoms with E-state index in [4.69, 9.17) is 16.3 Å². The van der Waals surface area contributed by atoms with Crippen LogP contribution >= 0.6 is 11.6 Å². The third-order valence-electron chi connectivity index (χ3n) is 2.98. The summed E-state index contributed by atoms with van der Waals surface area (Å²) in [5.74, 6) is 0.337. The monoisotopic (exact) mass is 317 g/mol. The van der Waals surface area contributed by atoms with Gasteiger partial charge < -0.3 is 10.1 Å². The van der Waals surface area contributed by atoms with Gasteiger partial charge in [0.25, 0.3) is 0 Å². The van der Waals surface area contributed by atoms with Gasteiger partial charge in [0.05, 0.1) is 0 Å². The van der Waals surface area contributed by atoms with E-state index in [1.807, 2.05) is 0 Å². The fourth-order valence-corrected chi connectivity index (χ4v) is 1.96. The zero-order chi connectivity index (χ0) is 15.9. The Morgan fingerprint density at radius 1 is 1.14 bits per heavy atom. The molecule has 0 aliphatic rings. The lowest BCUT2D eigenvalue weighted by Crippen LogP contribution is -2.12. The number of ether oxygens (including phenoxy) is 1. The van der Waals surface area contributed by atoms with Crippen LogP contribution in [0.1, 0.15) is 23.7 Å². The fraction of sp³-hybridized carbons (Fsp3) is 0.176. The molecule has 2 rings (SSSR count). The standard InChI is InChI=1S/C17H16ClNO3/c1-2-17(21)19-14-8-6-12(7-9-14)16(20)11-22-15-5-3-4-13(18)10-15/h3-10H,2,11H2,1H3,(H,19,21). The van der Waals surface area contributed by atoms with Crippen molar-refractivity contribution in [2.75, 3.05) is 11.9 Å². The van der Waals surface area contributed by atoms with E-state index in [0.717, 1.165) is 0 Å². The van der Waals surface area contributed by atoms with Crippen molar-refractivity contribution in [3.05, 3.63) is 59.1 Å². The third-order valence-corrected chi connectivity index (χ3v) is 3.21. The maximum absolute atomic E-state index is 12.0. The Hall–Kier alpha value is -2.33. The lowest BCUT2D eigenvalue weighted by molar-refractivity contribution is -0.115. The van der Waals surface area contributed by atoms with Crippen molar-refractivity contribution < 1.29 is 14.3 Å². The molecular formula is C17H16ClNO3. The van der Waals surface area contributed by atoms with Crippen LogP contribution < -0.4 is 10.1 Å². The molecule has 0 atom stereocenters. The highest BCUT2D eigenvalue weighted by molar-refractivity contribution is 6.30. The quantitative estimate of drug-likeness (QED) is 0.821. The molecule has 0 spiro atoms. The highest BCUT2D eigenvalue weighted by atomic mass is 35.5. The second kappa shape index (κ2) is 7.61. The number of Topliss-reactive ketones (excluding diaryl/α,β-unsaturated/α-hetero) is 1. The van der Waals surface area contributed by atoms with Gasteiger partial charge in [0.15, 0.2) is 12.4 Å². The number of amides is 1. The maximum Gasteiger partial charge on any atom is 0.224 e. The minimum atomic E-state index is -0.145. The largest absolute Gasteiger partial charge is 0.485 e. The zero-order valence-corrected chi connectivity index (χ0v) is 12.9. The number of carbonyl (C=O) groups is 2. The molecule has 0 unspecified atom stereocenters. The molecule has 0 aromatic heterocycles. The van der Waals surface area contributed by atoms with Crippen LogP contribution in [0.2, 0.25) is 5.02 Å². The molecule has 1 N–H and O–H groups in total. The van der Waals surface area contributed by atoms with Gasteiger partial charge in [-0.05, 0) is 42.5 Å². The molecule has 0 saturated carbocycles. The number of hydrogen-bond acceptors (Lipinski definition) is 3. The van der Waals surface area contributed by atoms with Crippen LogP contribution in [-0.2, 0) is 4.79 Å². The smallest absolute Gasteiger partial charge is 0.224 e. The van der Waals surface area contributed by atoms with E-state index in [1.54, 1.807) is 55.5 Å². The summed E-state index contributed by atoms with van der Waals surface area (Å²) in [4.78, 5) is 23.3. The molecule has 2 aromatic rings. The summed E-state index contributed by atoms with van der Waals surface area (Å²) in [7, 11) is 0. The minimum Gasteiger partial charge on any atom is -0.485 e. The Kier molecular flexibility index (Phi) is 5.55. The molecule has 0 fully saturated rings. The molecule has 0 heterocycles. The summed E-state index contributed by atoms with van der Waals surface area (Å²) < 4.78 is 5.41. The van der Waals surface area contributed by atoms with Gasteiger partial charge in [-0.25, -0.2) is 0 Å². The average molecular weight is 318 g/mol. The summed E-state index contributed by atoms with van der Waals surface area (Å²) in [5, 5.41) is 3.28. The fourth-order valence-electron chi connectivity index (χ4n) is 1.78. The maximum atomic E-state index is 12.0. The molecule has 0 saturated heterocycles. The normalized spacial score (nSPS) is 10.1. The van der Waals surface area contributed by atoms with Crippen molar-refractivity contribution in [2.24, 2.45) is 0 Å². The van der Waals surface area contributed by atoms with Gasteiger partial charge in [0.1, 0.15) is 5.75 Å². The summed E-state index contributed by atoms with van der Waals surface area (Å²) in [6.45, 7) is 1.71. The van der Waals surface area contributed by atoms with Gasteiger partial charge >= 0.3 is 0 Å². The molecule has 5 heteroatoms. The Labute approximate surface area is 134 Å². The third kappa shape index (κ3) is 4.60. The number of benzene rings is 2. The molecule has 0 aliphatic heterocycles. The predicted octanol–water partition coefficient (Wildman–Crippen LogP) is 3.95. The number of rotatable bonds is 6. The van der Waals surface area contributed by atoms with Crippen molar-refractivity contribution in [2.45, 2.75) is 13.3 Å². The lowest BCUT2D eigenvalue weighted by Gasteiger charge is -2.07. The number of carbonyl (C=O) groups excluding carboxylic acids is 2. The van der Waals surface area contributed by atoms with E-state index in [9.17, 15) is 9.59 Å². The Balaban J connectivity index is 1.93. The van der Waals surface area contributed by atoms with E-state index in [-0.39, 0.29) is 18.3 Å². The summed E-state index contributed by atoms with van der Waals surface area (Å²) in [6.07, 6.45) is 0.411. The number of halogens is 1. The molecule has 0 aliphatic carbocycles. The van der Waals surface area contributed by atoms with E-state index in [1.165, 1.54) is 0 Å². The first-order chi connectivity index (χ1) is 10.6. The van der Waals surface area contributed by atoms with Gasteiger partial charge in [0.2, 0.25) is 5.91 Å². The van der Waals surface area contributed by atoms with Crippen molar-refractivity contribution >= 4 is 29.0 Å². The highest BCUT2D eigenvalue weighted by Gasteiger charge is 2.08. The first kappa shape index (κ1) is 16.0. The van der Waals surface area contributed by atoms with E-state index in [0.29, 0.717) is 28.4 Å². The first-order valence-electron chi connectivity index (χ1n) is 6.90. The Morgan fingerprint density at radius 3 is 2.50 bits per heavy atom. The van der Waals surface area contributed by atoms with Crippen LogP contribution in [0.5, 0.6) is 5.75 Å². The van der Waals surface area contributed by atoms with Gasteiger partial charge in [-0.3, -0.25) is 9.59 Å². The molecule has 0 radical (unpaired) electrons. The molecule has 1 amide bonds. The van der Waals surface area contributed by atoms with Crippen LogP contribution in [0.4, 0.5) is 5.69 Å². The van der Waals surface area contributed by atoms with Crippen LogP contribution in [0.15, 0.2) is 48.5 Å². The molecule has 22 heavy (non-hydrogen) atoms. The summed E-state index contributed by atoms with van der Waals surface area (Å²) >= 11 is 5.85. The predicted molar refractivity (Wildman–Crippen MR) is 86.6 cm³/mol. The average Bonchev–Trinajstić information content (AvgIpc) is 2.53. The summed E-state index contributed by atoms with van der Waals surface area (Å²) in [6, 6.07) is 13.6. The van der Waals surface area contributed by atoms with Gasteiger partial charge in [-0.2, -0.15) is 0 Å². The molecule has 2 aromatic carbocycles. The van der Waals surface area contributed by atoms with Crippen molar-refractivity contribution in [1.82, 2.24) is 0 Å². The zero-order valence-electron chi connectivity index (χ0n) is 12.1. The number of ketones is 1. The minimum absolute atomic E-state index is 0.0663. The molecule has 0 bridgehead atoms. The van der Waals surface area contributed by atoms with Crippen LogP contribution in [0.3, 0.4) is 0 Å². The van der Waals surface area contributed by atoms with E-state index >= 15 is 0 Å². The van der Waals surface area contributed by atoms with Crippen molar-refractivity contribution in [3.63, 3.8) is 0 Å².